The number of nitrogens with one attached hydrogen (secondary N) is 1. The van der Waals surface area contributed by atoms with E-state index in [9.17, 15) is 4.79 Å². The molecule has 2 rings (SSSR count). The second kappa shape index (κ2) is 7.79. The zero-order valence-electron chi connectivity index (χ0n) is 12.1. The molecule has 1 N–H and O–H groups in total. The van der Waals surface area contributed by atoms with Crippen molar-refractivity contribution >= 4 is 21.8 Å². The van der Waals surface area contributed by atoms with Gasteiger partial charge in [0, 0.05) is 17.1 Å². The molecule has 0 bridgehead atoms. The molecule has 0 aromatic heterocycles. The fraction of sp³-hybridized carbons (Fsp3) is 0.562. The molecule has 0 atom stereocenters. The van der Waals surface area contributed by atoms with Gasteiger partial charge in [0.05, 0.1) is 6.42 Å². The predicted octanol–water partition coefficient (Wildman–Crippen LogP) is 2.98. The molecule has 1 heterocycles. The van der Waals surface area contributed by atoms with Crippen LogP contribution in [0.15, 0.2) is 28.7 Å². The Hall–Kier alpha value is -0.870. The van der Waals surface area contributed by atoms with Crippen molar-refractivity contribution in [1.82, 2.24) is 10.2 Å². The van der Waals surface area contributed by atoms with E-state index in [0.29, 0.717) is 12.5 Å². The molecule has 110 valence electrons. The molecule has 0 aliphatic carbocycles. The van der Waals surface area contributed by atoms with Crippen LogP contribution in [0.4, 0.5) is 0 Å². The van der Waals surface area contributed by atoms with Crippen molar-refractivity contribution in [2.45, 2.75) is 38.6 Å². The molecule has 1 saturated heterocycles. The Bertz CT molecular complexity index is 444. The zero-order chi connectivity index (χ0) is 14.4. The standard InChI is InChI=1S/C16H23BrN2O/c1-2-10-19(15-6-8-18-9-7-15)16(20)12-13-4-3-5-14(17)11-13/h3-5,11,15,18H,2,6-10,12H2,1H3. The summed E-state index contributed by atoms with van der Waals surface area (Å²) in [5, 5.41) is 3.36. The number of carbonyl (C=O) groups excluding carboxylic acids is 1. The highest BCUT2D eigenvalue weighted by Crippen LogP contribution is 2.17. The molecule has 1 fully saturated rings. The average Bonchev–Trinajstić information content (AvgIpc) is 2.45. The van der Waals surface area contributed by atoms with Gasteiger partial charge in [0.2, 0.25) is 5.91 Å². The first-order valence-corrected chi connectivity index (χ1v) is 8.24. The minimum Gasteiger partial charge on any atom is -0.339 e. The lowest BCUT2D eigenvalue weighted by molar-refractivity contribution is -0.133. The number of piperidine rings is 1. The zero-order valence-corrected chi connectivity index (χ0v) is 13.7. The van der Waals surface area contributed by atoms with Gasteiger partial charge in [0.25, 0.3) is 0 Å². The van der Waals surface area contributed by atoms with E-state index in [1.165, 1.54) is 0 Å². The van der Waals surface area contributed by atoms with Crippen LogP contribution < -0.4 is 5.32 Å². The van der Waals surface area contributed by atoms with Gasteiger partial charge in [0.15, 0.2) is 0 Å². The van der Waals surface area contributed by atoms with Crippen molar-refractivity contribution in [2.24, 2.45) is 0 Å². The molecule has 0 saturated carbocycles. The van der Waals surface area contributed by atoms with Crippen LogP contribution in [0.1, 0.15) is 31.7 Å². The molecule has 0 radical (unpaired) electrons. The molecule has 3 nitrogen and oxygen atoms in total. The smallest absolute Gasteiger partial charge is 0.227 e. The highest BCUT2D eigenvalue weighted by atomic mass is 79.9. The lowest BCUT2D eigenvalue weighted by atomic mass is 10.0. The Morgan fingerprint density at radius 2 is 2.15 bits per heavy atom. The fourth-order valence-electron chi connectivity index (χ4n) is 2.79. The van der Waals surface area contributed by atoms with E-state index in [4.69, 9.17) is 0 Å². The Morgan fingerprint density at radius 3 is 2.80 bits per heavy atom. The first-order valence-electron chi connectivity index (χ1n) is 7.45. The van der Waals surface area contributed by atoms with Crippen LogP contribution in [0.25, 0.3) is 0 Å². The number of rotatable bonds is 5. The Labute approximate surface area is 129 Å². The largest absolute Gasteiger partial charge is 0.339 e. The topological polar surface area (TPSA) is 32.3 Å². The lowest BCUT2D eigenvalue weighted by Crippen LogP contribution is -2.47. The number of carbonyl (C=O) groups is 1. The van der Waals surface area contributed by atoms with Gasteiger partial charge >= 0.3 is 0 Å². The van der Waals surface area contributed by atoms with E-state index in [-0.39, 0.29) is 5.91 Å². The summed E-state index contributed by atoms with van der Waals surface area (Å²) in [4.78, 5) is 14.7. The summed E-state index contributed by atoms with van der Waals surface area (Å²) in [5.74, 6) is 0.261. The molecule has 0 spiro atoms. The van der Waals surface area contributed by atoms with Gasteiger partial charge in [-0.1, -0.05) is 35.0 Å². The third kappa shape index (κ3) is 4.32. The van der Waals surface area contributed by atoms with Gasteiger partial charge in [-0.2, -0.15) is 0 Å². The molecular formula is C16H23BrN2O. The Kier molecular flexibility index (Phi) is 6.05. The van der Waals surface area contributed by atoms with E-state index in [2.05, 4.69) is 33.1 Å². The maximum absolute atomic E-state index is 12.6. The van der Waals surface area contributed by atoms with Gasteiger partial charge in [-0.15, -0.1) is 0 Å². The van der Waals surface area contributed by atoms with Crippen molar-refractivity contribution in [2.75, 3.05) is 19.6 Å². The molecule has 1 aliphatic heterocycles. The Morgan fingerprint density at radius 1 is 1.40 bits per heavy atom. The van der Waals surface area contributed by atoms with Crippen LogP contribution in [-0.2, 0) is 11.2 Å². The third-order valence-corrected chi connectivity index (χ3v) is 4.27. The first kappa shape index (κ1) is 15.5. The molecule has 1 aromatic rings. The highest BCUT2D eigenvalue weighted by molar-refractivity contribution is 9.10. The minimum atomic E-state index is 0.261. The molecule has 4 heteroatoms. The third-order valence-electron chi connectivity index (χ3n) is 3.78. The van der Waals surface area contributed by atoms with Crippen LogP contribution in [0.5, 0.6) is 0 Å². The van der Waals surface area contributed by atoms with Crippen LogP contribution in [0.2, 0.25) is 0 Å². The van der Waals surface area contributed by atoms with Gasteiger partial charge in [0.1, 0.15) is 0 Å². The molecule has 1 aliphatic rings. The van der Waals surface area contributed by atoms with E-state index >= 15 is 0 Å². The normalized spacial score (nSPS) is 16.1. The van der Waals surface area contributed by atoms with E-state index in [1.54, 1.807) is 0 Å². The number of amides is 1. The maximum atomic E-state index is 12.6. The maximum Gasteiger partial charge on any atom is 0.227 e. The molecule has 0 unspecified atom stereocenters. The lowest BCUT2D eigenvalue weighted by Gasteiger charge is -2.34. The van der Waals surface area contributed by atoms with Gasteiger partial charge in [-0.3, -0.25) is 4.79 Å². The van der Waals surface area contributed by atoms with E-state index < -0.39 is 0 Å². The number of hydrogen-bond donors (Lipinski definition) is 1. The van der Waals surface area contributed by atoms with Crippen molar-refractivity contribution in [3.8, 4) is 0 Å². The van der Waals surface area contributed by atoms with E-state index in [0.717, 1.165) is 48.9 Å². The monoisotopic (exact) mass is 338 g/mol. The number of hydrogen-bond acceptors (Lipinski definition) is 2. The van der Waals surface area contributed by atoms with Gasteiger partial charge < -0.3 is 10.2 Å². The molecule has 20 heavy (non-hydrogen) atoms. The van der Waals surface area contributed by atoms with Gasteiger partial charge in [-0.25, -0.2) is 0 Å². The van der Waals surface area contributed by atoms with Crippen LogP contribution >= 0.6 is 15.9 Å². The van der Waals surface area contributed by atoms with Crippen LogP contribution in [0.3, 0.4) is 0 Å². The highest BCUT2D eigenvalue weighted by Gasteiger charge is 2.24. The van der Waals surface area contributed by atoms with Crippen molar-refractivity contribution in [1.29, 1.82) is 0 Å². The molecular weight excluding hydrogens is 316 g/mol. The first-order chi connectivity index (χ1) is 9.70. The number of halogens is 1. The summed E-state index contributed by atoms with van der Waals surface area (Å²) in [6, 6.07) is 8.45. The SMILES string of the molecule is CCCN(C(=O)Cc1cccc(Br)c1)C1CCNCC1. The average molecular weight is 339 g/mol. The summed E-state index contributed by atoms with van der Waals surface area (Å²) >= 11 is 3.46. The van der Waals surface area contributed by atoms with Crippen molar-refractivity contribution < 1.29 is 4.79 Å². The summed E-state index contributed by atoms with van der Waals surface area (Å²) in [6.45, 7) is 5.06. The molecule has 1 amide bonds. The Balaban J connectivity index is 2.02. The summed E-state index contributed by atoms with van der Waals surface area (Å²) in [7, 11) is 0. The fourth-order valence-corrected chi connectivity index (χ4v) is 3.24. The van der Waals surface area contributed by atoms with E-state index in [1.807, 2.05) is 24.3 Å². The van der Waals surface area contributed by atoms with Gasteiger partial charge in [-0.05, 0) is 50.0 Å². The predicted molar refractivity (Wildman–Crippen MR) is 85.7 cm³/mol. The second-order valence-corrected chi connectivity index (χ2v) is 6.29. The second-order valence-electron chi connectivity index (χ2n) is 5.38. The summed E-state index contributed by atoms with van der Waals surface area (Å²) < 4.78 is 1.03. The number of nitrogens with zero attached hydrogens (tertiary/aromatic N) is 1. The van der Waals surface area contributed by atoms with Crippen molar-refractivity contribution in [3.63, 3.8) is 0 Å². The summed E-state index contributed by atoms with van der Waals surface area (Å²) in [6.07, 6.45) is 3.67. The number of benzene rings is 1. The quantitative estimate of drug-likeness (QED) is 0.895. The summed E-state index contributed by atoms with van der Waals surface area (Å²) in [5.41, 5.74) is 1.08. The van der Waals surface area contributed by atoms with Crippen LogP contribution in [0, 0.1) is 0 Å². The minimum absolute atomic E-state index is 0.261. The molecule has 1 aromatic carbocycles. The van der Waals surface area contributed by atoms with Crippen molar-refractivity contribution in [3.05, 3.63) is 34.3 Å². The van der Waals surface area contributed by atoms with Crippen LogP contribution in [-0.4, -0.2) is 36.5 Å².